The molecular weight excluding hydrogens is 485 g/mol. The van der Waals surface area contributed by atoms with Crippen LogP contribution in [0.25, 0.3) is 10.9 Å². The van der Waals surface area contributed by atoms with Gasteiger partial charge >= 0.3 is 0 Å². The van der Waals surface area contributed by atoms with E-state index in [1.165, 1.54) is 12.1 Å². The zero-order valence-electron chi connectivity index (χ0n) is 17.7. The summed E-state index contributed by atoms with van der Waals surface area (Å²) in [4.78, 5) is 12.3. The number of rotatable bonds is 2. The Kier molecular flexibility index (Phi) is 4.62. The van der Waals surface area contributed by atoms with Gasteiger partial charge in [0.15, 0.2) is 0 Å². The van der Waals surface area contributed by atoms with Crippen molar-refractivity contribution in [2.45, 2.75) is 25.6 Å². The average molecular weight is 504 g/mol. The maximum Gasteiger partial charge on any atom is 0.227 e. The molecule has 0 N–H and O–H groups in total. The molecule has 164 valence electrons. The molecule has 0 bridgehead atoms. The minimum Gasteiger partial charge on any atom is -0.464 e. The van der Waals surface area contributed by atoms with E-state index in [1.54, 1.807) is 23.6 Å². The standard InChI is InChI=1S/C26H19BrFN3O2/c1-15(32)30-14-21(19-4-2-3-5-23(19)30)26-31-24(20-12-17(27)8-11-25(20)33-26)13-22(29-31)16-6-9-18(28)10-7-16/h2-12,14,24,26H,13H2,1H3. The normalized spacial score (nSPS) is 19.1. The number of benzene rings is 3. The van der Waals surface area contributed by atoms with E-state index < -0.39 is 6.23 Å². The van der Waals surface area contributed by atoms with Crippen molar-refractivity contribution in [3.8, 4) is 5.75 Å². The Morgan fingerprint density at radius 2 is 1.88 bits per heavy atom. The first kappa shape index (κ1) is 20.2. The van der Waals surface area contributed by atoms with Crippen LogP contribution in [0.15, 0.2) is 82.5 Å². The topological polar surface area (TPSA) is 46.8 Å². The summed E-state index contributed by atoms with van der Waals surface area (Å²) in [6.07, 6.45) is 2.01. The third kappa shape index (κ3) is 3.26. The van der Waals surface area contributed by atoms with Gasteiger partial charge in [0, 0.05) is 40.5 Å². The van der Waals surface area contributed by atoms with E-state index in [0.717, 1.165) is 43.5 Å². The van der Waals surface area contributed by atoms with Gasteiger partial charge in [-0.1, -0.05) is 46.3 Å². The van der Waals surface area contributed by atoms with E-state index in [-0.39, 0.29) is 17.8 Å². The number of carbonyl (C=O) groups excluding carboxylic acids is 1. The lowest BCUT2D eigenvalue weighted by molar-refractivity contribution is -0.0181. The molecule has 2 aliphatic rings. The number of hydrazone groups is 1. The smallest absolute Gasteiger partial charge is 0.227 e. The lowest BCUT2D eigenvalue weighted by Gasteiger charge is -2.38. The molecule has 0 saturated carbocycles. The number of aromatic nitrogens is 1. The van der Waals surface area contributed by atoms with Gasteiger partial charge in [-0.2, -0.15) is 5.10 Å². The summed E-state index contributed by atoms with van der Waals surface area (Å²) in [5, 5.41) is 7.87. The molecule has 7 heteroatoms. The molecule has 2 unspecified atom stereocenters. The lowest BCUT2D eigenvalue weighted by atomic mass is 9.96. The molecular formula is C26H19BrFN3O2. The molecule has 2 aliphatic heterocycles. The summed E-state index contributed by atoms with van der Waals surface area (Å²) in [6.45, 7) is 1.55. The molecule has 0 radical (unpaired) electrons. The lowest BCUT2D eigenvalue weighted by Crippen LogP contribution is -2.33. The van der Waals surface area contributed by atoms with Crippen molar-refractivity contribution in [3.63, 3.8) is 0 Å². The minimum atomic E-state index is -0.507. The Balaban J connectivity index is 1.52. The highest BCUT2D eigenvalue weighted by atomic mass is 79.9. The van der Waals surface area contributed by atoms with Gasteiger partial charge in [0.25, 0.3) is 0 Å². The van der Waals surface area contributed by atoms with Crippen LogP contribution in [0, 0.1) is 5.82 Å². The van der Waals surface area contributed by atoms with Crippen LogP contribution in [0.1, 0.15) is 47.1 Å². The molecule has 0 amide bonds. The van der Waals surface area contributed by atoms with Crippen LogP contribution >= 0.6 is 15.9 Å². The zero-order valence-corrected chi connectivity index (χ0v) is 19.3. The first-order chi connectivity index (χ1) is 16.0. The summed E-state index contributed by atoms with van der Waals surface area (Å²) in [5.74, 6) is 0.452. The average Bonchev–Trinajstić information content (AvgIpc) is 3.42. The van der Waals surface area contributed by atoms with Crippen molar-refractivity contribution in [1.82, 2.24) is 9.58 Å². The van der Waals surface area contributed by atoms with Gasteiger partial charge in [-0.25, -0.2) is 9.40 Å². The summed E-state index contributed by atoms with van der Waals surface area (Å²) in [7, 11) is 0. The highest BCUT2D eigenvalue weighted by molar-refractivity contribution is 9.10. The predicted molar refractivity (Wildman–Crippen MR) is 128 cm³/mol. The number of fused-ring (bicyclic) bond motifs is 4. The van der Waals surface area contributed by atoms with Gasteiger partial charge in [0.05, 0.1) is 17.3 Å². The Morgan fingerprint density at radius 3 is 2.67 bits per heavy atom. The van der Waals surface area contributed by atoms with Crippen molar-refractivity contribution in [2.75, 3.05) is 0 Å². The molecule has 0 saturated heterocycles. The second-order valence-corrected chi connectivity index (χ2v) is 9.21. The van der Waals surface area contributed by atoms with E-state index in [4.69, 9.17) is 9.84 Å². The number of nitrogens with zero attached hydrogens (tertiary/aromatic N) is 3. The minimum absolute atomic E-state index is 0.0456. The highest BCUT2D eigenvalue weighted by Gasteiger charge is 2.42. The maximum absolute atomic E-state index is 13.5. The van der Waals surface area contributed by atoms with Crippen LogP contribution in [0.3, 0.4) is 0 Å². The Labute approximate surface area is 198 Å². The number of ether oxygens (including phenoxy) is 1. The molecule has 0 aliphatic carbocycles. The van der Waals surface area contributed by atoms with Crippen LogP contribution < -0.4 is 4.74 Å². The number of halogens is 2. The fourth-order valence-corrected chi connectivity index (χ4v) is 5.12. The molecule has 1 aromatic heterocycles. The van der Waals surface area contributed by atoms with E-state index in [0.29, 0.717) is 6.42 Å². The molecule has 3 aromatic carbocycles. The second-order valence-electron chi connectivity index (χ2n) is 8.30. The van der Waals surface area contributed by atoms with Crippen LogP contribution in [0.5, 0.6) is 5.75 Å². The quantitative estimate of drug-likeness (QED) is 0.316. The molecule has 6 rings (SSSR count). The van der Waals surface area contributed by atoms with Crippen molar-refractivity contribution >= 4 is 38.5 Å². The van der Waals surface area contributed by atoms with Crippen molar-refractivity contribution in [3.05, 3.63) is 99.9 Å². The molecule has 33 heavy (non-hydrogen) atoms. The third-order valence-electron chi connectivity index (χ3n) is 6.28. The van der Waals surface area contributed by atoms with Crippen LogP contribution in [0.4, 0.5) is 4.39 Å². The molecule has 5 nitrogen and oxygen atoms in total. The van der Waals surface area contributed by atoms with Crippen LogP contribution in [-0.4, -0.2) is 21.2 Å². The van der Waals surface area contributed by atoms with Gasteiger partial charge in [0.1, 0.15) is 11.6 Å². The number of hydrogen-bond donors (Lipinski definition) is 0. The first-order valence-electron chi connectivity index (χ1n) is 10.7. The van der Waals surface area contributed by atoms with Crippen molar-refractivity contribution in [1.29, 1.82) is 0 Å². The monoisotopic (exact) mass is 503 g/mol. The van der Waals surface area contributed by atoms with Crippen LogP contribution in [0.2, 0.25) is 0 Å². The Morgan fingerprint density at radius 1 is 1.09 bits per heavy atom. The molecule has 0 spiro atoms. The zero-order chi connectivity index (χ0) is 22.7. The third-order valence-corrected chi connectivity index (χ3v) is 6.77. The molecule has 2 atom stereocenters. The number of hydrogen-bond acceptors (Lipinski definition) is 4. The maximum atomic E-state index is 13.5. The van der Waals surface area contributed by atoms with Gasteiger partial charge in [-0.3, -0.25) is 9.36 Å². The SMILES string of the molecule is CC(=O)n1cc(C2Oc3ccc(Br)cc3C3CC(c4ccc(F)cc4)=NN32)c2ccccc21. The van der Waals surface area contributed by atoms with Crippen molar-refractivity contribution < 1.29 is 13.9 Å². The Hall–Kier alpha value is -3.45. The summed E-state index contributed by atoms with van der Waals surface area (Å²) >= 11 is 3.57. The largest absolute Gasteiger partial charge is 0.464 e. The Bertz CT molecular complexity index is 1440. The summed E-state index contributed by atoms with van der Waals surface area (Å²) < 4.78 is 22.6. The van der Waals surface area contributed by atoms with Gasteiger partial charge in [-0.15, -0.1) is 0 Å². The van der Waals surface area contributed by atoms with Crippen molar-refractivity contribution in [2.24, 2.45) is 5.10 Å². The van der Waals surface area contributed by atoms with E-state index >= 15 is 0 Å². The van der Waals surface area contributed by atoms with Crippen LogP contribution in [-0.2, 0) is 0 Å². The molecule has 3 heterocycles. The summed E-state index contributed by atoms with van der Waals surface area (Å²) in [5.41, 5.74) is 4.51. The number of para-hydroxylation sites is 1. The molecule has 4 aromatic rings. The van der Waals surface area contributed by atoms with Gasteiger partial charge in [-0.05, 0) is 42.0 Å². The van der Waals surface area contributed by atoms with E-state index in [9.17, 15) is 9.18 Å². The molecule has 0 fully saturated rings. The predicted octanol–water partition coefficient (Wildman–Crippen LogP) is 6.45. The van der Waals surface area contributed by atoms with Gasteiger partial charge in [0.2, 0.25) is 12.1 Å². The fraction of sp³-hybridized carbons (Fsp3) is 0.154. The highest BCUT2D eigenvalue weighted by Crippen LogP contribution is 2.49. The fourth-order valence-electron chi connectivity index (χ4n) is 4.74. The number of carbonyl (C=O) groups is 1. The van der Waals surface area contributed by atoms with E-state index in [1.807, 2.05) is 47.6 Å². The van der Waals surface area contributed by atoms with E-state index in [2.05, 4.69) is 22.0 Å². The second kappa shape index (κ2) is 7.56. The summed E-state index contributed by atoms with van der Waals surface area (Å²) in [6, 6.07) is 20.2. The first-order valence-corrected chi connectivity index (χ1v) is 11.5. The van der Waals surface area contributed by atoms with Gasteiger partial charge < -0.3 is 4.74 Å².